The van der Waals surface area contributed by atoms with Crippen LogP contribution in [0, 0.1) is 0 Å². The molecule has 16 heteroatoms. The summed E-state index contributed by atoms with van der Waals surface area (Å²) in [5.41, 5.74) is 3.13. The molecule has 4 aromatic carbocycles. The fraction of sp³-hybridized carbons (Fsp3) is 0.634. The van der Waals surface area contributed by atoms with Gasteiger partial charge >= 0.3 is 19.8 Å². The van der Waals surface area contributed by atoms with Crippen LogP contribution >= 0.6 is 7.82 Å². The number of benzene rings is 4. The van der Waals surface area contributed by atoms with Crippen LogP contribution in [0.3, 0.4) is 0 Å². The van der Waals surface area contributed by atoms with E-state index in [0.717, 1.165) is 55.2 Å². The lowest BCUT2D eigenvalue weighted by atomic mass is 9.84. The van der Waals surface area contributed by atoms with E-state index in [1.54, 1.807) is 24.3 Å². The Balaban J connectivity index is 1.31. The van der Waals surface area contributed by atoms with E-state index in [9.17, 15) is 19.8 Å². The lowest BCUT2D eigenvalue weighted by Crippen LogP contribution is -2.66. The Hall–Kier alpha value is -4.35. The monoisotopic (exact) mass is 1230 g/mol. The molecule has 1 saturated carbocycles. The molecule has 87 heavy (non-hydrogen) atoms. The third-order valence-corrected chi connectivity index (χ3v) is 17.2. The topological polar surface area (TPSA) is 184 Å². The summed E-state index contributed by atoms with van der Waals surface area (Å²) in [6.07, 6.45) is 20.3. The Bertz CT molecular complexity index is 2290. The highest BCUT2D eigenvalue weighted by Gasteiger charge is 2.55. The van der Waals surface area contributed by atoms with Crippen LogP contribution in [0.2, 0.25) is 0 Å². The van der Waals surface area contributed by atoms with Crippen molar-refractivity contribution in [3.63, 3.8) is 0 Å². The molecule has 0 aromatic heterocycles. The highest BCUT2D eigenvalue weighted by Crippen LogP contribution is 2.54. The number of phosphoric ester groups is 1. The van der Waals surface area contributed by atoms with Gasteiger partial charge in [-0.15, -0.1) is 0 Å². The Labute approximate surface area is 521 Å². The molecule has 0 amide bonds. The number of carbonyl (C=O) groups excluding carboxylic acids is 2. The summed E-state index contributed by atoms with van der Waals surface area (Å²) in [5.74, 6) is -0.971. The number of phosphoric acid groups is 1. The normalized spacial score (nSPS) is 18.7. The van der Waals surface area contributed by atoms with Crippen LogP contribution in [0.4, 0.5) is 0 Å². The predicted molar refractivity (Wildman–Crippen MR) is 340 cm³/mol. The van der Waals surface area contributed by atoms with E-state index in [4.69, 9.17) is 46.7 Å². The molecule has 15 nitrogen and oxygen atoms in total. The first-order valence-corrected chi connectivity index (χ1v) is 34.6. The standard InChI is InChI=1S/C71H107O15P/c1-3-5-7-9-11-13-15-17-19-21-23-25-39-49-64(72)79-55-63(85-65(73)50-40-26-24-22-20-18-16-14-12-10-8-6-4-2)56-84-87(76,83-54-62-47-37-30-38-48-62)86-71-69(81-57-77-51-59-41-31-27-32-42-59)66(74)68(80-53-61-45-35-29-36-46-61)67(75)70(71)82-58-78-52-60-43-33-28-34-44-60/h27-38,41-48,63,66-71,74-75H,3-26,39-40,49-58H2,1-2H3/t63-,66-,67+,68?,69+,70+,71?,87?/m0/s1. The molecule has 0 aliphatic heterocycles. The van der Waals surface area contributed by atoms with Gasteiger partial charge in [-0.05, 0) is 35.1 Å². The largest absolute Gasteiger partial charge is 0.475 e. The van der Waals surface area contributed by atoms with Gasteiger partial charge in [-0.1, -0.05) is 289 Å². The molecule has 0 saturated heterocycles. The lowest BCUT2D eigenvalue weighted by Gasteiger charge is -2.46. The van der Waals surface area contributed by atoms with Gasteiger partial charge in [0.15, 0.2) is 6.10 Å². The molecule has 3 unspecified atom stereocenters. The van der Waals surface area contributed by atoms with Crippen LogP contribution in [-0.4, -0.2) is 91.7 Å². The Morgan fingerprint density at radius 1 is 0.402 bits per heavy atom. The number of hydrogen-bond acceptors (Lipinski definition) is 15. The quantitative estimate of drug-likeness (QED) is 0.0184. The Morgan fingerprint density at radius 2 is 0.759 bits per heavy atom. The average molecular weight is 1230 g/mol. The van der Waals surface area contributed by atoms with E-state index in [1.165, 1.54) is 116 Å². The molecule has 8 atom stereocenters. The number of carbonyl (C=O) groups is 2. The first kappa shape index (κ1) is 73.4. The number of esters is 2. The van der Waals surface area contributed by atoms with Gasteiger partial charge in [-0.3, -0.25) is 23.2 Å². The molecular weight excluding hydrogens is 1120 g/mol. The van der Waals surface area contributed by atoms with Crippen LogP contribution in [0.5, 0.6) is 0 Å². The SMILES string of the molecule is CCCCCCCCCCCCCCCC(=O)OC[C@@H](COP(=O)(OCc1ccccc1)OC1[C@H](OCOCc2ccccc2)[C@H](O)C(OCc2ccccc2)[C@H](O)[C@H]1OCOCc1ccccc1)OC(=O)CCCCCCCCCCCCCCC. The van der Waals surface area contributed by atoms with Crippen molar-refractivity contribution in [2.24, 2.45) is 0 Å². The maximum atomic E-state index is 15.6. The smallest absolute Gasteiger partial charge is 0.462 e. The minimum absolute atomic E-state index is 0.00480. The third kappa shape index (κ3) is 32.3. The van der Waals surface area contributed by atoms with E-state index < -0.39 is 69.1 Å². The summed E-state index contributed by atoms with van der Waals surface area (Å²) in [7, 11) is -4.91. The number of ether oxygens (including phenoxy) is 7. The van der Waals surface area contributed by atoms with Crippen LogP contribution in [-0.2, 0) is 87.3 Å². The number of hydrogen-bond donors (Lipinski definition) is 2. The summed E-state index contributed by atoms with van der Waals surface area (Å²) in [6, 6.07) is 37.2. The van der Waals surface area contributed by atoms with Gasteiger partial charge in [0.05, 0.1) is 33.0 Å². The molecule has 4 aromatic rings. The second-order valence-corrected chi connectivity index (χ2v) is 24.9. The summed E-state index contributed by atoms with van der Waals surface area (Å²) < 4.78 is 77.0. The molecule has 0 spiro atoms. The number of aliphatic hydroxyl groups is 2. The first-order chi connectivity index (χ1) is 42.7. The molecule has 2 N–H and O–H groups in total. The van der Waals surface area contributed by atoms with Crippen molar-refractivity contribution in [1.82, 2.24) is 0 Å². The predicted octanol–water partition coefficient (Wildman–Crippen LogP) is 16.6. The summed E-state index contributed by atoms with van der Waals surface area (Å²) in [4.78, 5) is 27.0. The molecule has 486 valence electrons. The summed E-state index contributed by atoms with van der Waals surface area (Å²) in [6.45, 7) is 2.81. The zero-order valence-corrected chi connectivity index (χ0v) is 53.6. The number of unbranched alkanes of at least 4 members (excludes halogenated alkanes) is 24. The van der Waals surface area contributed by atoms with E-state index in [1.807, 2.05) is 97.1 Å². The van der Waals surface area contributed by atoms with Crippen LogP contribution < -0.4 is 0 Å². The van der Waals surface area contributed by atoms with Crippen LogP contribution in [0.1, 0.15) is 216 Å². The lowest BCUT2D eigenvalue weighted by molar-refractivity contribution is -0.279. The van der Waals surface area contributed by atoms with Crippen LogP contribution in [0.25, 0.3) is 0 Å². The molecule has 1 aliphatic carbocycles. The minimum Gasteiger partial charge on any atom is -0.462 e. The first-order valence-electron chi connectivity index (χ1n) is 33.1. The van der Waals surface area contributed by atoms with Crippen molar-refractivity contribution in [3.8, 4) is 0 Å². The zero-order chi connectivity index (χ0) is 61.7. The highest BCUT2D eigenvalue weighted by molar-refractivity contribution is 7.48. The number of rotatable bonds is 52. The van der Waals surface area contributed by atoms with Crippen molar-refractivity contribution in [1.29, 1.82) is 0 Å². The minimum atomic E-state index is -4.91. The summed E-state index contributed by atoms with van der Waals surface area (Å²) >= 11 is 0. The average Bonchev–Trinajstić information content (AvgIpc) is 1.72. The second-order valence-electron chi connectivity index (χ2n) is 23.3. The molecule has 0 bridgehead atoms. The molecule has 0 heterocycles. The van der Waals surface area contributed by atoms with E-state index in [0.29, 0.717) is 18.4 Å². The zero-order valence-electron chi connectivity index (χ0n) is 52.7. The summed E-state index contributed by atoms with van der Waals surface area (Å²) in [5, 5.41) is 24.6. The molecule has 1 aliphatic rings. The Morgan fingerprint density at radius 3 is 1.16 bits per heavy atom. The van der Waals surface area contributed by atoms with Gasteiger partial charge in [0, 0.05) is 12.8 Å². The maximum Gasteiger partial charge on any atom is 0.475 e. The number of aliphatic hydroxyl groups excluding tert-OH is 2. The van der Waals surface area contributed by atoms with Crippen molar-refractivity contribution in [2.45, 2.75) is 263 Å². The van der Waals surface area contributed by atoms with Gasteiger partial charge in [-0.2, -0.15) is 0 Å². The van der Waals surface area contributed by atoms with Gasteiger partial charge < -0.3 is 43.4 Å². The van der Waals surface area contributed by atoms with E-state index in [2.05, 4.69) is 13.8 Å². The Kier molecular flexibility index (Phi) is 39.4. The fourth-order valence-corrected chi connectivity index (χ4v) is 12.1. The molecular formula is C71H107O15P. The second kappa shape index (κ2) is 46.7. The van der Waals surface area contributed by atoms with Crippen molar-refractivity contribution >= 4 is 19.8 Å². The van der Waals surface area contributed by atoms with Gasteiger partial charge in [0.1, 0.15) is 56.8 Å². The fourth-order valence-electron chi connectivity index (χ4n) is 10.7. The maximum absolute atomic E-state index is 15.6. The van der Waals surface area contributed by atoms with Gasteiger partial charge in [0.25, 0.3) is 0 Å². The molecule has 0 radical (unpaired) electrons. The van der Waals surface area contributed by atoms with Gasteiger partial charge in [-0.25, -0.2) is 4.57 Å². The molecule has 5 rings (SSSR count). The van der Waals surface area contributed by atoms with Crippen molar-refractivity contribution in [3.05, 3.63) is 144 Å². The van der Waals surface area contributed by atoms with E-state index >= 15 is 4.57 Å². The third-order valence-electron chi connectivity index (χ3n) is 15.8. The van der Waals surface area contributed by atoms with Crippen LogP contribution in [0.15, 0.2) is 121 Å². The van der Waals surface area contributed by atoms with Crippen molar-refractivity contribution < 1.29 is 71.1 Å². The van der Waals surface area contributed by atoms with E-state index in [-0.39, 0.29) is 59.5 Å². The van der Waals surface area contributed by atoms with Crippen molar-refractivity contribution in [2.75, 3.05) is 26.8 Å². The molecule has 1 fully saturated rings. The highest BCUT2D eigenvalue weighted by atomic mass is 31.2. The van der Waals surface area contributed by atoms with Gasteiger partial charge in [0.2, 0.25) is 0 Å².